The highest BCUT2D eigenvalue weighted by Gasteiger charge is 2.06. The first kappa shape index (κ1) is 18.1. The molecule has 0 spiro atoms. The summed E-state index contributed by atoms with van der Waals surface area (Å²) in [4.78, 5) is 12.0. The molecule has 0 bridgehead atoms. The molecule has 0 saturated heterocycles. The minimum atomic E-state index is -0.0790. The average Bonchev–Trinajstić information content (AvgIpc) is 2.59. The summed E-state index contributed by atoms with van der Waals surface area (Å²) in [6, 6.07) is 12.8. The first-order valence-corrected chi connectivity index (χ1v) is 8.31. The maximum absolute atomic E-state index is 12.0. The highest BCUT2D eigenvalue weighted by molar-refractivity contribution is 9.10. The minimum Gasteiger partial charge on any atom is -0.497 e. The number of ether oxygens (including phenoxy) is 3. The predicted molar refractivity (Wildman–Crippen MR) is 97.0 cm³/mol. The van der Waals surface area contributed by atoms with Crippen molar-refractivity contribution in [1.29, 1.82) is 0 Å². The molecule has 0 radical (unpaired) electrons. The lowest BCUT2D eigenvalue weighted by Gasteiger charge is -2.10. The monoisotopic (exact) mass is 393 g/mol. The van der Waals surface area contributed by atoms with Crippen molar-refractivity contribution in [2.75, 3.05) is 26.1 Å². The van der Waals surface area contributed by atoms with Gasteiger partial charge in [-0.25, -0.2) is 0 Å². The highest BCUT2D eigenvalue weighted by Crippen LogP contribution is 2.25. The molecule has 128 valence electrons. The normalized spacial score (nSPS) is 10.1. The fraction of sp³-hybridized carbons (Fsp3) is 0.278. The summed E-state index contributed by atoms with van der Waals surface area (Å²) in [7, 11) is 3.14. The summed E-state index contributed by atoms with van der Waals surface area (Å²) >= 11 is 3.37. The van der Waals surface area contributed by atoms with Crippen LogP contribution in [0, 0.1) is 0 Å². The van der Waals surface area contributed by atoms with Gasteiger partial charge in [0.15, 0.2) is 0 Å². The Morgan fingerprint density at radius 1 is 1.00 bits per heavy atom. The van der Waals surface area contributed by atoms with E-state index in [2.05, 4.69) is 21.2 Å². The van der Waals surface area contributed by atoms with Gasteiger partial charge in [-0.3, -0.25) is 4.79 Å². The summed E-state index contributed by atoms with van der Waals surface area (Å²) in [6.45, 7) is 0.483. The van der Waals surface area contributed by atoms with E-state index in [4.69, 9.17) is 14.2 Å². The van der Waals surface area contributed by atoms with Crippen molar-refractivity contribution in [3.63, 3.8) is 0 Å². The lowest BCUT2D eigenvalue weighted by Crippen LogP contribution is -2.13. The van der Waals surface area contributed by atoms with Crippen LogP contribution in [0.2, 0.25) is 0 Å². The summed E-state index contributed by atoms with van der Waals surface area (Å²) in [5.41, 5.74) is 0.644. The van der Waals surface area contributed by atoms with Crippen molar-refractivity contribution < 1.29 is 19.0 Å². The number of carbonyl (C=O) groups excluding carboxylic acids is 1. The second kappa shape index (κ2) is 9.17. The van der Waals surface area contributed by atoms with Gasteiger partial charge < -0.3 is 19.5 Å². The molecular formula is C18H20BrNO4. The van der Waals surface area contributed by atoms with E-state index in [1.807, 2.05) is 24.3 Å². The number of hydrogen-bond donors (Lipinski definition) is 1. The van der Waals surface area contributed by atoms with Crippen LogP contribution in [0.5, 0.6) is 17.2 Å². The number of methoxy groups -OCH3 is 2. The standard InChI is InChI=1S/C18H20BrNO4/c1-22-16-10-14(11-17(12-16)23-2)20-18(21)4-3-9-24-15-7-5-13(19)6-8-15/h5-8,10-12H,3-4,9H2,1-2H3,(H,20,21). The molecule has 5 nitrogen and oxygen atoms in total. The van der Waals surface area contributed by atoms with Gasteiger partial charge in [-0.1, -0.05) is 15.9 Å². The van der Waals surface area contributed by atoms with Crippen LogP contribution in [0.3, 0.4) is 0 Å². The van der Waals surface area contributed by atoms with Crippen LogP contribution in [0.25, 0.3) is 0 Å². The van der Waals surface area contributed by atoms with E-state index in [0.717, 1.165) is 10.2 Å². The van der Waals surface area contributed by atoms with Crippen LogP contribution in [0.15, 0.2) is 46.9 Å². The zero-order chi connectivity index (χ0) is 17.4. The van der Waals surface area contributed by atoms with Crippen molar-refractivity contribution in [2.45, 2.75) is 12.8 Å². The van der Waals surface area contributed by atoms with Crippen LogP contribution in [-0.2, 0) is 4.79 Å². The van der Waals surface area contributed by atoms with Gasteiger partial charge in [-0.05, 0) is 30.7 Å². The van der Waals surface area contributed by atoms with E-state index in [1.165, 1.54) is 0 Å². The number of benzene rings is 2. The lowest BCUT2D eigenvalue weighted by atomic mass is 10.2. The molecule has 2 aromatic carbocycles. The topological polar surface area (TPSA) is 56.8 Å². The molecule has 1 amide bonds. The maximum Gasteiger partial charge on any atom is 0.224 e. The molecule has 2 aromatic rings. The smallest absolute Gasteiger partial charge is 0.224 e. The largest absolute Gasteiger partial charge is 0.497 e. The molecular weight excluding hydrogens is 374 g/mol. The van der Waals surface area contributed by atoms with Crippen molar-refractivity contribution in [2.24, 2.45) is 0 Å². The van der Waals surface area contributed by atoms with Gasteiger partial charge in [0, 0.05) is 34.8 Å². The maximum atomic E-state index is 12.0. The summed E-state index contributed by atoms with van der Waals surface area (Å²) in [5.74, 6) is 1.97. The van der Waals surface area contributed by atoms with Crippen LogP contribution < -0.4 is 19.5 Å². The van der Waals surface area contributed by atoms with Gasteiger partial charge in [-0.2, -0.15) is 0 Å². The van der Waals surface area contributed by atoms with Crippen LogP contribution in [0.1, 0.15) is 12.8 Å². The summed E-state index contributed by atoms with van der Waals surface area (Å²) in [6.07, 6.45) is 0.999. The first-order chi connectivity index (χ1) is 11.6. The Hall–Kier alpha value is -2.21. The molecule has 0 fully saturated rings. The Morgan fingerprint density at radius 3 is 2.21 bits per heavy atom. The lowest BCUT2D eigenvalue weighted by molar-refractivity contribution is -0.116. The Labute approximate surface area is 150 Å². The van der Waals surface area contributed by atoms with Crippen molar-refractivity contribution in [3.8, 4) is 17.2 Å². The van der Waals surface area contributed by atoms with Crippen LogP contribution >= 0.6 is 15.9 Å². The van der Waals surface area contributed by atoms with Gasteiger partial charge in [0.05, 0.1) is 20.8 Å². The Bertz CT molecular complexity index is 651. The van der Waals surface area contributed by atoms with Gasteiger partial charge >= 0.3 is 0 Å². The minimum absolute atomic E-state index is 0.0790. The summed E-state index contributed by atoms with van der Waals surface area (Å²) in [5, 5.41) is 2.84. The highest BCUT2D eigenvalue weighted by atomic mass is 79.9. The number of hydrogen-bond acceptors (Lipinski definition) is 4. The molecule has 0 aliphatic heterocycles. The molecule has 0 aliphatic carbocycles. The fourth-order valence-corrected chi connectivity index (χ4v) is 2.32. The molecule has 1 N–H and O–H groups in total. The third-order valence-corrected chi connectivity index (χ3v) is 3.79. The van der Waals surface area contributed by atoms with Gasteiger partial charge in [0.1, 0.15) is 17.2 Å². The SMILES string of the molecule is COc1cc(NC(=O)CCCOc2ccc(Br)cc2)cc(OC)c1. The van der Waals surface area contributed by atoms with E-state index in [9.17, 15) is 4.79 Å². The molecule has 0 aromatic heterocycles. The van der Waals surface area contributed by atoms with Crippen molar-refractivity contribution >= 4 is 27.5 Å². The molecule has 0 heterocycles. The fourth-order valence-electron chi connectivity index (χ4n) is 2.06. The predicted octanol–water partition coefficient (Wildman–Crippen LogP) is 4.26. The molecule has 2 rings (SSSR count). The first-order valence-electron chi connectivity index (χ1n) is 7.52. The zero-order valence-electron chi connectivity index (χ0n) is 13.7. The number of amides is 1. The molecule has 0 atom stereocenters. The number of halogens is 1. The van der Waals surface area contributed by atoms with Gasteiger partial charge in [0.2, 0.25) is 5.91 Å². The number of carbonyl (C=O) groups is 1. The average molecular weight is 394 g/mol. The molecule has 0 aliphatic rings. The third-order valence-electron chi connectivity index (χ3n) is 3.27. The molecule has 0 unspecified atom stereocenters. The van der Waals surface area contributed by atoms with Crippen molar-refractivity contribution in [3.05, 3.63) is 46.9 Å². The van der Waals surface area contributed by atoms with Crippen LogP contribution in [0.4, 0.5) is 5.69 Å². The second-order valence-corrected chi connectivity index (χ2v) is 5.97. The third kappa shape index (κ3) is 5.77. The van der Waals surface area contributed by atoms with Gasteiger partial charge in [0.25, 0.3) is 0 Å². The number of anilines is 1. The van der Waals surface area contributed by atoms with E-state index in [0.29, 0.717) is 36.6 Å². The molecule has 24 heavy (non-hydrogen) atoms. The Morgan fingerprint density at radius 2 is 1.62 bits per heavy atom. The molecule has 6 heteroatoms. The summed E-state index contributed by atoms with van der Waals surface area (Å²) < 4.78 is 17.0. The number of nitrogens with one attached hydrogen (secondary N) is 1. The van der Waals surface area contributed by atoms with Crippen LogP contribution in [-0.4, -0.2) is 26.7 Å². The second-order valence-electron chi connectivity index (χ2n) is 5.06. The zero-order valence-corrected chi connectivity index (χ0v) is 15.3. The van der Waals surface area contributed by atoms with E-state index < -0.39 is 0 Å². The molecule has 0 saturated carbocycles. The number of rotatable bonds is 8. The van der Waals surface area contributed by atoms with Gasteiger partial charge in [-0.15, -0.1) is 0 Å². The quantitative estimate of drug-likeness (QED) is 0.680. The van der Waals surface area contributed by atoms with Crippen molar-refractivity contribution in [1.82, 2.24) is 0 Å². The van der Waals surface area contributed by atoms with E-state index in [-0.39, 0.29) is 5.91 Å². The van der Waals surface area contributed by atoms with E-state index in [1.54, 1.807) is 32.4 Å². The van der Waals surface area contributed by atoms with E-state index >= 15 is 0 Å². The Kier molecular flexibility index (Phi) is 6.93. The Balaban J connectivity index is 1.78.